The molecule has 1 aliphatic rings. The second-order valence-corrected chi connectivity index (χ2v) is 4.77. The van der Waals surface area contributed by atoms with Crippen LogP contribution in [0.3, 0.4) is 0 Å². The van der Waals surface area contributed by atoms with Gasteiger partial charge in [-0.15, -0.1) is 0 Å². The summed E-state index contributed by atoms with van der Waals surface area (Å²) in [4.78, 5) is 2.22. The summed E-state index contributed by atoms with van der Waals surface area (Å²) in [5.74, 6) is 0. The smallest absolute Gasteiger partial charge is 0.0640 e. The topological polar surface area (TPSA) is 41.3 Å². The SMILES string of the molecule is NCC1CN(c2cc(Cl)ccc2Cl)CCN1. The second kappa shape index (κ2) is 5.23. The lowest BCUT2D eigenvalue weighted by Crippen LogP contribution is -2.53. The maximum Gasteiger partial charge on any atom is 0.0640 e. The Morgan fingerprint density at radius 1 is 1.44 bits per heavy atom. The Balaban J connectivity index is 2.19. The molecule has 0 saturated carbocycles. The molecule has 1 atom stereocenters. The highest BCUT2D eigenvalue weighted by atomic mass is 35.5. The first-order valence-electron chi connectivity index (χ1n) is 5.34. The molecular formula is C11H15Cl2N3. The minimum atomic E-state index is 0.323. The molecule has 1 heterocycles. The normalized spacial score (nSPS) is 21.2. The first-order chi connectivity index (χ1) is 7.70. The Morgan fingerprint density at radius 2 is 2.25 bits per heavy atom. The van der Waals surface area contributed by atoms with Crippen molar-refractivity contribution >= 4 is 28.9 Å². The third kappa shape index (κ3) is 2.61. The average Bonchev–Trinajstić information content (AvgIpc) is 2.32. The Hall–Kier alpha value is -0.480. The van der Waals surface area contributed by atoms with Crippen LogP contribution < -0.4 is 16.0 Å². The van der Waals surface area contributed by atoms with Crippen molar-refractivity contribution in [3.05, 3.63) is 28.2 Å². The second-order valence-electron chi connectivity index (χ2n) is 3.93. The van der Waals surface area contributed by atoms with Crippen LogP contribution in [0.25, 0.3) is 0 Å². The van der Waals surface area contributed by atoms with Crippen LogP contribution in [-0.2, 0) is 0 Å². The van der Waals surface area contributed by atoms with Gasteiger partial charge in [0.25, 0.3) is 0 Å². The maximum atomic E-state index is 6.17. The first-order valence-corrected chi connectivity index (χ1v) is 6.09. The van der Waals surface area contributed by atoms with Gasteiger partial charge in [0.2, 0.25) is 0 Å². The third-order valence-electron chi connectivity index (χ3n) is 2.79. The number of halogens is 2. The monoisotopic (exact) mass is 259 g/mol. The average molecular weight is 260 g/mol. The summed E-state index contributed by atoms with van der Waals surface area (Å²) in [6, 6.07) is 5.86. The van der Waals surface area contributed by atoms with E-state index >= 15 is 0 Å². The Bertz CT molecular complexity index is 370. The van der Waals surface area contributed by atoms with Crippen molar-refractivity contribution in [2.45, 2.75) is 6.04 Å². The summed E-state index contributed by atoms with van der Waals surface area (Å²) in [7, 11) is 0. The number of nitrogens with zero attached hydrogens (tertiary/aromatic N) is 1. The number of piperazine rings is 1. The van der Waals surface area contributed by atoms with E-state index in [0.717, 1.165) is 30.3 Å². The molecule has 0 radical (unpaired) electrons. The van der Waals surface area contributed by atoms with Gasteiger partial charge in [0.1, 0.15) is 0 Å². The van der Waals surface area contributed by atoms with Crippen LogP contribution >= 0.6 is 23.2 Å². The number of rotatable bonds is 2. The molecule has 1 aliphatic heterocycles. The van der Waals surface area contributed by atoms with Crippen molar-refractivity contribution in [2.75, 3.05) is 31.1 Å². The zero-order chi connectivity index (χ0) is 11.5. The zero-order valence-electron chi connectivity index (χ0n) is 8.92. The molecule has 1 unspecified atom stereocenters. The van der Waals surface area contributed by atoms with Gasteiger partial charge < -0.3 is 16.0 Å². The Kier molecular flexibility index (Phi) is 3.92. The van der Waals surface area contributed by atoms with Gasteiger partial charge >= 0.3 is 0 Å². The van der Waals surface area contributed by atoms with Crippen molar-refractivity contribution in [1.82, 2.24) is 5.32 Å². The molecule has 16 heavy (non-hydrogen) atoms. The van der Waals surface area contributed by atoms with Crippen molar-refractivity contribution in [3.8, 4) is 0 Å². The maximum absolute atomic E-state index is 6.17. The van der Waals surface area contributed by atoms with Gasteiger partial charge in [-0.05, 0) is 18.2 Å². The highest BCUT2D eigenvalue weighted by Crippen LogP contribution is 2.29. The van der Waals surface area contributed by atoms with E-state index < -0.39 is 0 Å². The van der Waals surface area contributed by atoms with Crippen LogP contribution in [0.4, 0.5) is 5.69 Å². The summed E-state index contributed by atoms with van der Waals surface area (Å²) in [5, 5.41) is 4.81. The van der Waals surface area contributed by atoms with Crippen molar-refractivity contribution < 1.29 is 0 Å². The van der Waals surface area contributed by atoms with Crippen LogP contribution in [0, 0.1) is 0 Å². The molecule has 0 aromatic heterocycles. The number of anilines is 1. The summed E-state index contributed by atoms with van der Waals surface area (Å²) in [5.41, 5.74) is 6.66. The number of hydrogen-bond donors (Lipinski definition) is 2. The van der Waals surface area contributed by atoms with Crippen LogP contribution in [0.15, 0.2) is 18.2 Å². The van der Waals surface area contributed by atoms with E-state index in [1.807, 2.05) is 12.1 Å². The lowest BCUT2D eigenvalue weighted by Gasteiger charge is -2.35. The molecule has 0 bridgehead atoms. The fourth-order valence-corrected chi connectivity index (χ4v) is 2.33. The van der Waals surface area contributed by atoms with Crippen LogP contribution in [-0.4, -0.2) is 32.2 Å². The minimum absolute atomic E-state index is 0.323. The molecule has 2 rings (SSSR count). The van der Waals surface area contributed by atoms with Gasteiger partial charge in [-0.1, -0.05) is 23.2 Å². The molecule has 0 aliphatic carbocycles. The molecule has 1 aromatic carbocycles. The predicted octanol–water partition coefficient (Wildman–Crippen LogP) is 1.73. The molecule has 1 saturated heterocycles. The molecule has 1 fully saturated rings. The van der Waals surface area contributed by atoms with Crippen molar-refractivity contribution in [3.63, 3.8) is 0 Å². The fraction of sp³-hybridized carbons (Fsp3) is 0.455. The van der Waals surface area contributed by atoms with Gasteiger partial charge in [0.05, 0.1) is 10.7 Å². The molecule has 3 nitrogen and oxygen atoms in total. The molecule has 0 spiro atoms. The van der Waals surface area contributed by atoms with Gasteiger partial charge in [0.15, 0.2) is 0 Å². The van der Waals surface area contributed by atoms with Crippen LogP contribution in [0.2, 0.25) is 10.0 Å². The largest absolute Gasteiger partial charge is 0.367 e. The third-order valence-corrected chi connectivity index (χ3v) is 3.34. The summed E-state index contributed by atoms with van der Waals surface area (Å²) >= 11 is 12.1. The standard InChI is InChI=1S/C11H15Cl2N3/c12-8-1-2-10(13)11(5-8)16-4-3-15-9(6-14)7-16/h1-2,5,9,15H,3-4,6-7,14H2. The quantitative estimate of drug-likeness (QED) is 0.850. The predicted molar refractivity (Wildman–Crippen MR) is 69.5 cm³/mol. The van der Waals surface area contributed by atoms with Gasteiger partial charge in [0, 0.05) is 37.2 Å². The summed E-state index contributed by atoms with van der Waals surface area (Å²) < 4.78 is 0. The van der Waals surface area contributed by atoms with E-state index in [4.69, 9.17) is 28.9 Å². The summed E-state index contributed by atoms with van der Waals surface area (Å²) in [6.07, 6.45) is 0. The molecular weight excluding hydrogens is 245 g/mol. The van der Waals surface area contributed by atoms with E-state index in [-0.39, 0.29) is 0 Å². The van der Waals surface area contributed by atoms with E-state index in [0.29, 0.717) is 17.6 Å². The lowest BCUT2D eigenvalue weighted by molar-refractivity contribution is 0.463. The van der Waals surface area contributed by atoms with Crippen LogP contribution in [0.1, 0.15) is 0 Å². The van der Waals surface area contributed by atoms with E-state index in [1.54, 1.807) is 6.07 Å². The number of nitrogens with one attached hydrogen (secondary N) is 1. The number of nitrogens with two attached hydrogens (primary N) is 1. The van der Waals surface area contributed by atoms with E-state index in [2.05, 4.69) is 10.2 Å². The van der Waals surface area contributed by atoms with Crippen LogP contribution in [0.5, 0.6) is 0 Å². The van der Waals surface area contributed by atoms with Gasteiger partial charge in [-0.25, -0.2) is 0 Å². The minimum Gasteiger partial charge on any atom is -0.367 e. The first kappa shape index (κ1) is 12.0. The van der Waals surface area contributed by atoms with Gasteiger partial charge in [-0.3, -0.25) is 0 Å². The Morgan fingerprint density at radius 3 is 3.00 bits per heavy atom. The van der Waals surface area contributed by atoms with Crippen molar-refractivity contribution in [2.24, 2.45) is 5.73 Å². The molecule has 0 amide bonds. The highest BCUT2D eigenvalue weighted by molar-refractivity contribution is 6.35. The lowest BCUT2D eigenvalue weighted by atomic mass is 10.2. The number of benzene rings is 1. The molecule has 88 valence electrons. The molecule has 3 N–H and O–H groups in total. The molecule has 1 aromatic rings. The van der Waals surface area contributed by atoms with E-state index in [1.165, 1.54) is 0 Å². The number of hydrogen-bond acceptors (Lipinski definition) is 3. The van der Waals surface area contributed by atoms with Crippen molar-refractivity contribution in [1.29, 1.82) is 0 Å². The zero-order valence-corrected chi connectivity index (χ0v) is 10.4. The summed E-state index contributed by atoms with van der Waals surface area (Å²) in [6.45, 7) is 3.35. The highest BCUT2D eigenvalue weighted by Gasteiger charge is 2.19. The Labute approximate surface area is 106 Å². The van der Waals surface area contributed by atoms with E-state index in [9.17, 15) is 0 Å². The van der Waals surface area contributed by atoms with Gasteiger partial charge in [-0.2, -0.15) is 0 Å². The fourth-order valence-electron chi connectivity index (χ4n) is 1.93. The molecule has 5 heteroatoms.